The fraction of sp³-hybridized carbons (Fsp3) is 0.545. The zero-order chi connectivity index (χ0) is 10.6. The number of methoxy groups -OCH3 is 1. The largest absolute Gasteiger partial charge is 0.481 e. The second-order valence-corrected chi connectivity index (χ2v) is 3.91. The highest BCUT2D eigenvalue weighted by atomic mass is 35.5. The Balaban J connectivity index is 2.83. The maximum atomic E-state index is 6.18. The summed E-state index contributed by atoms with van der Waals surface area (Å²) in [5.74, 6) is 0.980. The van der Waals surface area contributed by atoms with Crippen molar-refractivity contribution in [3.63, 3.8) is 0 Å². The summed E-state index contributed by atoms with van der Waals surface area (Å²) in [6.07, 6.45) is 2.72. The standard InChI is InChI=1S/C11H16ClNO/c1-4-10(12)8(2)9-5-6-13-11(7-9)14-3/h5-8,10H,4H2,1-3H3. The number of aromatic nitrogens is 1. The molecule has 78 valence electrons. The van der Waals surface area contributed by atoms with Gasteiger partial charge in [-0.15, -0.1) is 11.6 Å². The summed E-state index contributed by atoms with van der Waals surface area (Å²) in [6.45, 7) is 4.21. The molecule has 2 nitrogen and oxygen atoms in total. The molecule has 1 rings (SSSR count). The lowest BCUT2D eigenvalue weighted by atomic mass is 9.97. The van der Waals surface area contributed by atoms with E-state index in [1.165, 1.54) is 5.56 Å². The molecule has 0 aliphatic heterocycles. The Labute approximate surface area is 90.3 Å². The van der Waals surface area contributed by atoms with Crippen LogP contribution in [0.5, 0.6) is 5.88 Å². The van der Waals surface area contributed by atoms with E-state index in [2.05, 4.69) is 18.8 Å². The summed E-state index contributed by atoms with van der Waals surface area (Å²) in [7, 11) is 1.62. The monoisotopic (exact) mass is 213 g/mol. The van der Waals surface area contributed by atoms with Gasteiger partial charge in [-0.1, -0.05) is 13.8 Å². The van der Waals surface area contributed by atoms with E-state index in [0.717, 1.165) is 6.42 Å². The van der Waals surface area contributed by atoms with E-state index in [9.17, 15) is 0 Å². The highest BCUT2D eigenvalue weighted by Gasteiger charge is 2.14. The molecule has 1 aromatic rings. The van der Waals surface area contributed by atoms with Gasteiger partial charge >= 0.3 is 0 Å². The number of halogens is 1. The van der Waals surface area contributed by atoms with Gasteiger partial charge in [-0.3, -0.25) is 0 Å². The van der Waals surface area contributed by atoms with E-state index < -0.39 is 0 Å². The average Bonchev–Trinajstić information content (AvgIpc) is 2.27. The zero-order valence-electron chi connectivity index (χ0n) is 8.83. The van der Waals surface area contributed by atoms with E-state index in [-0.39, 0.29) is 5.38 Å². The number of rotatable bonds is 4. The molecule has 0 saturated heterocycles. The molecule has 0 radical (unpaired) electrons. The molecule has 0 spiro atoms. The zero-order valence-corrected chi connectivity index (χ0v) is 9.58. The maximum absolute atomic E-state index is 6.18. The van der Waals surface area contributed by atoms with Crippen LogP contribution in [0, 0.1) is 0 Å². The lowest BCUT2D eigenvalue weighted by molar-refractivity contribution is 0.396. The highest BCUT2D eigenvalue weighted by Crippen LogP contribution is 2.26. The molecule has 0 saturated carbocycles. The van der Waals surface area contributed by atoms with Crippen molar-refractivity contribution in [2.75, 3.05) is 7.11 Å². The smallest absolute Gasteiger partial charge is 0.213 e. The predicted octanol–water partition coefficient (Wildman–Crippen LogP) is 3.21. The van der Waals surface area contributed by atoms with Gasteiger partial charge in [-0.25, -0.2) is 4.98 Å². The average molecular weight is 214 g/mol. The molecule has 1 aromatic heterocycles. The maximum Gasteiger partial charge on any atom is 0.213 e. The number of nitrogens with zero attached hydrogens (tertiary/aromatic N) is 1. The molecule has 0 amide bonds. The fourth-order valence-corrected chi connectivity index (χ4v) is 1.53. The van der Waals surface area contributed by atoms with Gasteiger partial charge in [0, 0.05) is 17.6 Å². The third-order valence-corrected chi connectivity index (χ3v) is 3.11. The second kappa shape index (κ2) is 5.20. The lowest BCUT2D eigenvalue weighted by Gasteiger charge is -2.16. The summed E-state index contributed by atoms with van der Waals surface area (Å²) in [5.41, 5.74) is 1.18. The topological polar surface area (TPSA) is 22.1 Å². The van der Waals surface area contributed by atoms with Gasteiger partial charge in [0.2, 0.25) is 5.88 Å². The highest BCUT2D eigenvalue weighted by molar-refractivity contribution is 6.21. The van der Waals surface area contributed by atoms with E-state index in [4.69, 9.17) is 16.3 Å². The molecule has 0 aromatic carbocycles. The first kappa shape index (κ1) is 11.3. The van der Waals surface area contributed by atoms with Crippen molar-refractivity contribution in [3.05, 3.63) is 23.9 Å². The first-order valence-corrected chi connectivity index (χ1v) is 5.26. The molecular formula is C11H16ClNO. The number of ether oxygens (including phenoxy) is 1. The third kappa shape index (κ3) is 2.61. The Bertz CT molecular complexity index is 290. The molecule has 0 aliphatic carbocycles. The van der Waals surface area contributed by atoms with E-state index in [1.54, 1.807) is 13.3 Å². The molecule has 0 fully saturated rings. The van der Waals surface area contributed by atoms with Crippen molar-refractivity contribution in [2.24, 2.45) is 0 Å². The van der Waals surface area contributed by atoms with Gasteiger partial charge in [0.1, 0.15) is 0 Å². The second-order valence-electron chi connectivity index (χ2n) is 3.34. The van der Waals surface area contributed by atoms with Crippen LogP contribution >= 0.6 is 11.6 Å². The Morgan fingerprint density at radius 1 is 1.57 bits per heavy atom. The van der Waals surface area contributed by atoms with Crippen molar-refractivity contribution < 1.29 is 4.74 Å². The van der Waals surface area contributed by atoms with Gasteiger partial charge in [0.15, 0.2) is 0 Å². The number of hydrogen-bond donors (Lipinski definition) is 0. The van der Waals surface area contributed by atoms with Crippen LogP contribution in [0.25, 0.3) is 0 Å². The lowest BCUT2D eigenvalue weighted by Crippen LogP contribution is -2.08. The van der Waals surface area contributed by atoms with Gasteiger partial charge in [-0.2, -0.15) is 0 Å². The quantitative estimate of drug-likeness (QED) is 0.717. The van der Waals surface area contributed by atoms with Crippen LogP contribution in [0.1, 0.15) is 31.7 Å². The van der Waals surface area contributed by atoms with Crippen molar-refractivity contribution in [2.45, 2.75) is 31.6 Å². The Morgan fingerprint density at radius 2 is 2.29 bits per heavy atom. The van der Waals surface area contributed by atoms with Crippen molar-refractivity contribution in [1.82, 2.24) is 4.98 Å². The normalized spacial score (nSPS) is 14.9. The molecule has 0 bridgehead atoms. The number of alkyl halides is 1. The molecule has 2 unspecified atom stereocenters. The summed E-state index contributed by atoms with van der Waals surface area (Å²) >= 11 is 6.18. The van der Waals surface area contributed by atoms with Crippen LogP contribution in [0.3, 0.4) is 0 Å². The summed E-state index contributed by atoms with van der Waals surface area (Å²) < 4.78 is 5.06. The van der Waals surface area contributed by atoms with Crippen molar-refractivity contribution in [1.29, 1.82) is 0 Å². The minimum atomic E-state index is 0.169. The first-order chi connectivity index (χ1) is 6.69. The van der Waals surface area contributed by atoms with Crippen LogP contribution < -0.4 is 4.74 Å². The van der Waals surface area contributed by atoms with E-state index >= 15 is 0 Å². The SMILES string of the molecule is CCC(Cl)C(C)c1ccnc(OC)c1. The van der Waals surface area contributed by atoms with Crippen LogP contribution in [0.2, 0.25) is 0 Å². The van der Waals surface area contributed by atoms with Crippen molar-refractivity contribution >= 4 is 11.6 Å². The molecule has 0 N–H and O–H groups in total. The van der Waals surface area contributed by atoms with Gasteiger partial charge < -0.3 is 4.74 Å². The summed E-state index contributed by atoms with van der Waals surface area (Å²) in [6, 6.07) is 3.92. The predicted molar refractivity (Wildman–Crippen MR) is 59.1 cm³/mol. The van der Waals surface area contributed by atoms with Crippen LogP contribution in [-0.4, -0.2) is 17.5 Å². The van der Waals surface area contributed by atoms with Gasteiger partial charge in [-0.05, 0) is 24.0 Å². The Kier molecular flexibility index (Phi) is 4.21. The molecule has 0 aliphatic rings. The first-order valence-electron chi connectivity index (χ1n) is 4.83. The van der Waals surface area contributed by atoms with Crippen molar-refractivity contribution in [3.8, 4) is 5.88 Å². The number of pyridine rings is 1. The molecule has 3 heteroatoms. The minimum Gasteiger partial charge on any atom is -0.481 e. The van der Waals surface area contributed by atoms with E-state index in [0.29, 0.717) is 11.8 Å². The molecule has 2 atom stereocenters. The van der Waals surface area contributed by atoms with Gasteiger partial charge in [0.25, 0.3) is 0 Å². The summed E-state index contributed by atoms with van der Waals surface area (Å²) in [4.78, 5) is 4.06. The van der Waals surface area contributed by atoms with E-state index in [1.807, 2.05) is 12.1 Å². The Hall–Kier alpha value is -0.760. The third-order valence-electron chi connectivity index (χ3n) is 2.43. The minimum absolute atomic E-state index is 0.169. The molecular weight excluding hydrogens is 198 g/mol. The fourth-order valence-electron chi connectivity index (χ4n) is 1.38. The molecule has 14 heavy (non-hydrogen) atoms. The van der Waals surface area contributed by atoms with Crippen LogP contribution in [-0.2, 0) is 0 Å². The molecule has 1 heterocycles. The van der Waals surface area contributed by atoms with Gasteiger partial charge in [0.05, 0.1) is 7.11 Å². The Morgan fingerprint density at radius 3 is 2.86 bits per heavy atom. The van der Waals surface area contributed by atoms with Crippen LogP contribution in [0.4, 0.5) is 0 Å². The van der Waals surface area contributed by atoms with Crippen LogP contribution in [0.15, 0.2) is 18.3 Å². The summed E-state index contributed by atoms with van der Waals surface area (Å²) in [5, 5.41) is 0.169. The number of hydrogen-bond acceptors (Lipinski definition) is 2.